The Kier molecular flexibility index (Phi) is 7.83. The Labute approximate surface area is 131 Å². The van der Waals surface area contributed by atoms with E-state index < -0.39 is 0 Å². The predicted molar refractivity (Wildman–Crippen MR) is 83.5 cm³/mol. The number of amides is 1. The Hall–Kier alpha value is -1.55. The smallest absolute Gasteiger partial charge is 0.307 e. The van der Waals surface area contributed by atoms with Crippen LogP contribution in [0.5, 0.6) is 0 Å². The monoisotopic (exact) mass is 311 g/mol. The molecule has 0 radical (unpaired) electrons. The molecule has 5 heteroatoms. The lowest BCUT2D eigenvalue weighted by Crippen LogP contribution is -2.34. The van der Waals surface area contributed by atoms with Crippen LogP contribution in [0.25, 0.3) is 0 Å². The molecular weight excluding hydrogens is 290 g/mol. The van der Waals surface area contributed by atoms with Crippen molar-refractivity contribution >= 4 is 23.5 Å². The molecule has 0 N–H and O–H groups in total. The number of rotatable bonds is 8. The minimum Gasteiger partial charge on any atom is -0.466 e. The largest absolute Gasteiger partial charge is 0.466 e. The first-order chi connectivity index (χ1) is 10.1. The third kappa shape index (κ3) is 6.17. The summed E-state index contributed by atoms with van der Waals surface area (Å²) in [5.74, 6) is -0.354. The van der Waals surface area contributed by atoms with E-state index in [9.17, 15) is 9.59 Å². The number of unbranched alkanes of at least 4 members (excludes halogenated alkanes) is 1. The van der Waals surface area contributed by atoms with Gasteiger partial charge in [0.2, 0.25) is 0 Å². The Bertz CT molecular complexity index is 459. The van der Waals surface area contributed by atoms with Crippen molar-refractivity contribution in [1.29, 1.82) is 0 Å². The average Bonchev–Trinajstić information content (AvgIpc) is 2.48. The van der Waals surface area contributed by atoms with Crippen LogP contribution < -0.4 is 0 Å². The molecule has 0 atom stereocenters. The Balaban J connectivity index is 2.69. The van der Waals surface area contributed by atoms with Gasteiger partial charge in [0, 0.05) is 23.7 Å². The number of hydrogen-bond donors (Lipinski definition) is 0. The van der Waals surface area contributed by atoms with E-state index in [4.69, 9.17) is 16.3 Å². The molecule has 0 spiro atoms. The Morgan fingerprint density at radius 3 is 2.38 bits per heavy atom. The molecule has 0 fully saturated rings. The van der Waals surface area contributed by atoms with Crippen molar-refractivity contribution in [2.24, 2.45) is 0 Å². The molecular formula is C16H22ClNO3. The molecule has 0 aromatic heterocycles. The minimum absolute atomic E-state index is 0.0792. The highest BCUT2D eigenvalue weighted by Gasteiger charge is 2.16. The Morgan fingerprint density at radius 1 is 1.14 bits per heavy atom. The highest BCUT2D eigenvalue weighted by atomic mass is 35.5. The molecule has 1 aromatic rings. The number of carbonyl (C=O) groups excluding carboxylic acids is 2. The first-order valence-corrected chi connectivity index (χ1v) is 7.66. The van der Waals surface area contributed by atoms with Crippen molar-refractivity contribution in [2.75, 3.05) is 19.7 Å². The summed E-state index contributed by atoms with van der Waals surface area (Å²) in [4.78, 5) is 25.6. The van der Waals surface area contributed by atoms with Crippen molar-refractivity contribution in [1.82, 2.24) is 4.90 Å². The zero-order valence-corrected chi connectivity index (χ0v) is 13.4. The first-order valence-electron chi connectivity index (χ1n) is 7.29. The molecule has 0 bridgehead atoms. The highest BCUT2D eigenvalue weighted by molar-refractivity contribution is 6.30. The Morgan fingerprint density at radius 2 is 1.81 bits per heavy atom. The first kappa shape index (κ1) is 17.5. The van der Waals surface area contributed by atoms with Crippen LogP contribution in [0.4, 0.5) is 0 Å². The van der Waals surface area contributed by atoms with E-state index in [0.717, 1.165) is 12.8 Å². The average molecular weight is 312 g/mol. The number of halogens is 1. The maximum Gasteiger partial charge on any atom is 0.307 e. The van der Waals surface area contributed by atoms with E-state index in [1.54, 1.807) is 36.1 Å². The van der Waals surface area contributed by atoms with Gasteiger partial charge in [-0.2, -0.15) is 0 Å². The summed E-state index contributed by atoms with van der Waals surface area (Å²) >= 11 is 5.83. The number of benzene rings is 1. The second-order valence-electron chi connectivity index (χ2n) is 4.71. The number of esters is 1. The second-order valence-corrected chi connectivity index (χ2v) is 5.14. The van der Waals surface area contributed by atoms with Crippen molar-refractivity contribution in [3.05, 3.63) is 34.9 Å². The predicted octanol–water partition coefficient (Wildman–Crippen LogP) is 3.54. The maximum absolute atomic E-state index is 12.5. The van der Waals surface area contributed by atoms with Crippen molar-refractivity contribution in [2.45, 2.75) is 33.1 Å². The third-order valence-corrected chi connectivity index (χ3v) is 3.30. The van der Waals surface area contributed by atoms with Gasteiger partial charge in [0.25, 0.3) is 5.91 Å². The second kappa shape index (κ2) is 9.40. The standard InChI is InChI=1S/C16H22ClNO3/c1-3-5-11-18(12-10-15(19)21-4-2)16(20)13-6-8-14(17)9-7-13/h6-9H,3-5,10-12H2,1-2H3. The third-order valence-electron chi connectivity index (χ3n) is 3.05. The molecule has 0 saturated heterocycles. The summed E-state index contributed by atoms with van der Waals surface area (Å²) in [5, 5.41) is 0.596. The van der Waals surface area contributed by atoms with E-state index in [-0.39, 0.29) is 18.3 Å². The SMILES string of the molecule is CCCCN(CCC(=O)OCC)C(=O)c1ccc(Cl)cc1. The van der Waals surface area contributed by atoms with Crippen LogP contribution in [-0.4, -0.2) is 36.5 Å². The number of carbonyl (C=O) groups is 2. The van der Waals surface area contributed by atoms with Crippen LogP contribution in [0, 0.1) is 0 Å². The molecule has 0 heterocycles. The minimum atomic E-state index is -0.275. The van der Waals surface area contributed by atoms with Crippen LogP contribution in [0.3, 0.4) is 0 Å². The molecule has 0 saturated carbocycles. The number of hydrogen-bond acceptors (Lipinski definition) is 3. The van der Waals surface area contributed by atoms with Gasteiger partial charge in [0.15, 0.2) is 0 Å². The fourth-order valence-corrected chi connectivity index (χ4v) is 2.02. The molecule has 0 unspecified atom stereocenters. The van der Waals surface area contributed by atoms with Gasteiger partial charge in [0.05, 0.1) is 13.0 Å². The molecule has 21 heavy (non-hydrogen) atoms. The zero-order valence-electron chi connectivity index (χ0n) is 12.6. The topological polar surface area (TPSA) is 46.6 Å². The highest BCUT2D eigenvalue weighted by Crippen LogP contribution is 2.12. The van der Waals surface area contributed by atoms with Gasteiger partial charge in [-0.1, -0.05) is 24.9 Å². The van der Waals surface area contributed by atoms with Crippen LogP contribution in [0.1, 0.15) is 43.5 Å². The molecule has 1 aromatic carbocycles. The van der Waals surface area contributed by atoms with Gasteiger partial charge in [-0.15, -0.1) is 0 Å². The van der Waals surface area contributed by atoms with Gasteiger partial charge in [-0.25, -0.2) is 0 Å². The van der Waals surface area contributed by atoms with Gasteiger partial charge >= 0.3 is 5.97 Å². The summed E-state index contributed by atoms with van der Waals surface area (Å²) in [6, 6.07) is 6.79. The lowest BCUT2D eigenvalue weighted by Gasteiger charge is -2.22. The molecule has 1 amide bonds. The van der Waals surface area contributed by atoms with Crippen molar-refractivity contribution in [3.63, 3.8) is 0 Å². The van der Waals surface area contributed by atoms with E-state index in [1.165, 1.54) is 0 Å². The number of ether oxygens (including phenoxy) is 1. The van der Waals surface area contributed by atoms with E-state index >= 15 is 0 Å². The van der Waals surface area contributed by atoms with Gasteiger partial charge < -0.3 is 9.64 Å². The molecule has 0 aliphatic rings. The quantitative estimate of drug-likeness (QED) is 0.690. The van der Waals surface area contributed by atoms with E-state index in [0.29, 0.717) is 30.3 Å². The molecule has 116 valence electrons. The fourth-order valence-electron chi connectivity index (χ4n) is 1.90. The molecule has 1 rings (SSSR count). The van der Waals surface area contributed by atoms with Crippen LogP contribution in [0.2, 0.25) is 5.02 Å². The molecule has 4 nitrogen and oxygen atoms in total. The van der Waals surface area contributed by atoms with Crippen molar-refractivity contribution in [3.8, 4) is 0 Å². The van der Waals surface area contributed by atoms with Gasteiger partial charge in [-0.05, 0) is 37.6 Å². The van der Waals surface area contributed by atoms with Crippen LogP contribution in [-0.2, 0) is 9.53 Å². The van der Waals surface area contributed by atoms with Crippen molar-refractivity contribution < 1.29 is 14.3 Å². The lowest BCUT2D eigenvalue weighted by molar-refractivity contribution is -0.143. The summed E-state index contributed by atoms with van der Waals surface area (Å²) in [5.41, 5.74) is 0.583. The van der Waals surface area contributed by atoms with Crippen LogP contribution in [0.15, 0.2) is 24.3 Å². The van der Waals surface area contributed by atoms with Gasteiger partial charge in [-0.3, -0.25) is 9.59 Å². The summed E-state index contributed by atoms with van der Waals surface area (Å²) in [6.07, 6.45) is 2.11. The summed E-state index contributed by atoms with van der Waals surface area (Å²) < 4.78 is 4.90. The summed E-state index contributed by atoms with van der Waals surface area (Å²) in [6.45, 7) is 5.21. The fraction of sp³-hybridized carbons (Fsp3) is 0.500. The normalized spacial score (nSPS) is 10.2. The molecule has 0 aliphatic heterocycles. The van der Waals surface area contributed by atoms with E-state index in [1.807, 2.05) is 0 Å². The summed E-state index contributed by atoms with van der Waals surface area (Å²) in [7, 11) is 0. The number of nitrogens with zero attached hydrogens (tertiary/aromatic N) is 1. The molecule has 0 aliphatic carbocycles. The van der Waals surface area contributed by atoms with Crippen LogP contribution >= 0.6 is 11.6 Å². The lowest BCUT2D eigenvalue weighted by atomic mass is 10.2. The zero-order chi connectivity index (χ0) is 15.7. The van der Waals surface area contributed by atoms with Gasteiger partial charge in [0.1, 0.15) is 0 Å². The van der Waals surface area contributed by atoms with E-state index in [2.05, 4.69) is 6.92 Å². The maximum atomic E-state index is 12.5.